The maximum Gasteiger partial charge on any atom is 0.359 e. The van der Waals surface area contributed by atoms with E-state index in [1.54, 1.807) is 29.6 Å². The van der Waals surface area contributed by atoms with Crippen LogP contribution >= 0.6 is 11.3 Å². The number of hydrogen-bond acceptors (Lipinski definition) is 7. The number of aromatic nitrogens is 1. The second kappa shape index (κ2) is 7.61. The van der Waals surface area contributed by atoms with Gasteiger partial charge in [-0.1, -0.05) is 42.5 Å². The van der Waals surface area contributed by atoms with Gasteiger partial charge in [-0.25, -0.2) is 14.7 Å². The number of carbonyl (C=O) groups is 3. The Labute approximate surface area is 164 Å². The maximum absolute atomic E-state index is 12.3. The van der Waals surface area contributed by atoms with Crippen molar-refractivity contribution < 1.29 is 19.1 Å². The lowest BCUT2D eigenvalue weighted by molar-refractivity contribution is 0.0224. The summed E-state index contributed by atoms with van der Waals surface area (Å²) in [5.74, 6) is -1.64. The highest BCUT2D eigenvalue weighted by atomic mass is 32.1. The molecule has 2 amide bonds. The molecule has 2 heterocycles. The number of anilines is 1. The molecular formula is C20H15N3O4S. The number of esters is 1. The number of hydrogen-bond donors (Lipinski definition) is 1. The van der Waals surface area contributed by atoms with Gasteiger partial charge in [-0.2, -0.15) is 0 Å². The van der Waals surface area contributed by atoms with Gasteiger partial charge in [-0.3, -0.25) is 9.59 Å². The molecule has 0 spiro atoms. The number of nitrogens with one attached hydrogen (secondary N) is 1. The van der Waals surface area contributed by atoms with Crippen molar-refractivity contribution in [1.82, 2.24) is 9.88 Å². The molecule has 1 aromatic heterocycles. The first-order chi connectivity index (χ1) is 13.6. The van der Waals surface area contributed by atoms with Crippen molar-refractivity contribution in [3.05, 3.63) is 82.4 Å². The van der Waals surface area contributed by atoms with Crippen LogP contribution < -0.4 is 5.32 Å². The fourth-order valence-electron chi connectivity index (χ4n) is 2.78. The average molecular weight is 393 g/mol. The summed E-state index contributed by atoms with van der Waals surface area (Å²) in [5, 5.41) is 5.29. The van der Waals surface area contributed by atoms with E-state index in [2.05, 4.69) is 10.3 Å². The topological polar surface area (TPSA) is 88.6 Å². The number of benzene rings is 2. The molecule has 1 aliphatic rings. The third-order valence-corrected chi connectivity index (χ3v) is 5.00. The van der Waals surface area contributed by atoms with E-state index in [9.17, 15) is 14.4 Å². The maximum atomic E-state index is 12.3. The second-order valence-electron chi connectivity index (χ2n) is 6.02. The first-order valence-electron chi connectivity index (χ1n) is 8.49. The van der Waals surface area contributed by atoms with Crippen molar-refractivity contribution in [2.75, 3.05) is 12.0 Å². The predicted molar refractivity (Wildman–Crippen MR) is 103 cm³/mol. The summed E-state index contributed by atoms with van der Waals surface area (Å²) in [7, 11) is 0. The molecular weight excluding hydrogens is 378 g/mol. The number of fused-ring (bicyclic) bond motifs is 1. The van der Waals surface area contributed by atoms with Crippen molar-refractivity contribution in [2.45, 2.75) is 6.54 Å². The summed E-state index contributed by atoms with van der Waals surface area (Å²) in [6.45, 7) is 0.132. The monoisotopic (exact) mass is 393 g/mol. The van der Waals surface area contributed by atoms with Gasteiger partial charge in [0, 0.05) is 11.9 Å². The predicted octanol–water partition coefficient (Wildman–Crippen LogP) is 3.17. The number of thiazole rings is 1. The van der Waals surface area contributed by atoms with Gasteiger partial charge < -0.3 is 10.1 Å². The van der Waals surface area contributed by atoms with Gasteiger partial charge >= 0.3 is 5.97 Å². The van der Waals surface area contributed by atoms with Crippen LogP contribution in [0, 0.1) is 0 Å². The standard InChI is InChI=1S/C20H15N3O4S/c24-17-14-8-4-5-9-15(14)18(25)23(17)12-27-19(26)16-11-28-20(22-16)21-10-13-6-2-1-3-7-13/h1-9,11H,10,12H2,(H,21,22). The zero-order chi connectivity index (χ0) is 19.5. The highest BCUT2D eigenvalue weighted by Crippen LogP contribution is 2.23. The third kappa shape index (κ3) is 3.49. The molecule has 0 saturated heterocycles. The van der Waals surface area contributed by atoms with Crippen LogP contribution in [0.5, 0.6) is 0 Å². The Balaban J connectivity index is 1.34. The van der Waals surface area contributed by atoms with Gasteiger partial charge in [0.2, 0.25) is 0 Å². The van der Waals surface area contributed by atoms with Crippen molar-refractivity contribution in [2.24, 2.45) is 0 Å². The van der Waals surface area contributed by atoms with Crippen LogP contribution in [0.3, 0.4) is 0 Å². The summed E-state index contributed by atoms with van der Waals surface area (Å²) >= 11 is 1.28. The molecule has 0 bridgehead atoms. The van der Waals surface area contributed by atoms with Gasteiger partial charge in [-0.05, 0) is 17.7 Å². The van der Waals surface area contributed by atoms with E-state index in [1.165, 1.54) is 11.3 Å². The Hall–Kier alpha value is -3.52. The number of amides is 2. The lowest BCUT2D eigenvalue weighted by Crippen LogP contribution is -2.33. The second-order valence-corrected chi connectivity index (χ2v) is 6.88. The lowest BCUT2D eigenvalue weighted by atomic mass is 10.1. The lowest BCUT2D eigenvalue weighted by Gasteiger charge is -2.13. The minimum atomic E-state index is -0.694. The van der Waals surface area contributed by atoms with Crippen LogP contribution in [0.1, 0.15) is 36.8 Å². The molecule has 1 N–H and O–H groups in total. The Morgan fingerprint density at radius 3 is 2.32 bits per heavy atom. The van der Waals surface area contributed by atoms with Gasteiger partial charge in [0.25, 0.3) is 11.8 Å². The highest BCUT2D eigenvalue weighted by Gasteiger charge is 2.35. The van der Waals surface area contributed by atoms with Crippen LogP contribution in [0.25, 0.3) is 0 Å². The van der Waals surface area contributed by atoms with Crippen LogP contribution in [-0.2, 0) is 11.3 Å². The molecule has 2 aromatic carbocycles. The van der Waals surface area contributed by atoms with Crippen molar-refractivity contribution >= 4 is 34.3 Å². The normalized spacial score (nSPS) is 12.8. The van der Waals surface area contributed by atoms with Crippen LogP contribution in [-0.4, -0.2) is 34.4 Å². The summed E-state index contributed by atoms with van der Waals surface area (Å²) in [6, 6.07) is 16.3. The Bertz CT molecular complexity index is 1010. The fourth-order valence-corrected chi connectivity index (χ4v) is 3.45. The van der Waals surface area contributed by atoms with Crippen LogP contribution in [0.2, 0.25) is 0 Å². The van der Waals surface area contributed by atoms with Crippen molar-refractivity contribution in [3.63, 3.8) is 0 Å². The molecule has 3 aromatic rings. The van der Waals surface area contributed by atoms with Gasteiger partial charge in [0.15, 0.2) is 17.6 Å². The Morgan fingerprint density at radius 2 is 1.64 bits per heavy atom. The molecule has 0 aliphatic carbocycles. The minimum Gasteiger partial charge on any atom is -0.439 e. The molecule has 8 heteroatoms. The smallest absolute Gasteiger partial charge is 0.359 e. The van der Waals surface area contributed by atoms with Crippen molar-refractivity contribution in [1.29, 1.82) is 0 Å². The van der Waals surface area contributed by atoms with E-state index in [0.717, 1.165) is 10.5 Å². The van der Waals surface area contributed by atoms with Crippen LogP contribution in [0.15, 0.2) is 60.0 Å². The molecule has 4 rings (SSSR count). The number of rotatable bonds is 6. The first-order valence-corrected chi connectivity index (χ1v) is 9.37. The van der Waals surface area contributed by atoms with Crippen molar-refractivity contribution in [3.8, 4) is 0 Å². The first kappa shape index (κ1) is 17.9. The number of imide groups is 1. The van der Waals surface area contributed by atoms with E-state index in [-0.39, 0.29) is 5.69 Å². The summed E-state index contributed by atoms with van der Waals surface area (Å²) in [4.78, 5) is 41.9. The van der Waals surface area contributed by atoms with E-state index in [1.807, 2.05) is 30.3 Å². The SMILES string of the molecule is O=C(OCN1C(=O)c2ccccc2C1=O)c1csc(NCc2ccccc2)n1. The van der Waals surface area contributed by atoms with Gasteiger partial charge in [0.1, 0.15) is 0 Å². The number of nitrogens with zero attached hydrogens (tertiary/aromatic N) is 2. The van der Waals surface area contributed by atoms with E-state index >= 15 is 0 Å². The number of ether oxygens (including phenoxy) is 1. The molecule has 1 aliphatic heterocycles. The third-order valence-electron chi connectivity index (χ3n) is 4.20. The highest BCUT2D eigenvalue weighted by molar-refractivity contribution is 7.13. The summed E-state index contributed by atoms with van der Waals surface area (Å²) < 4.78 is 5.12. The molecule has 0 radical (unpaired) electrons. The summed E-state index contributed by atoms with van der Waals surface area (Å²) in [6.07, 6.45) is 0. The van der Waals surface area contributed by atoms with E-state index < -0.39 is 24.5 Å². The quantitative estimate of drug-likeness (QED) is 0.511. The number of carbonyl (C=O) groups excluding carboxylic acids is 3. The Kier molecular flexibility index (Phi) is 4.86. The molecule has 0 fully saturated rings. The zero-order valence-electron chi connectivity index (χ0n) is 14.6. The summed E-state index contributed by atoms with van der Waals surface area (Å²) in [5.41, 5.74) is 1.83. The van der Waals surface area contributed by atoms with Gasteiger partial charge in [-0.15, -0.1) is 11.3 Å². The van der Waals surface area contributed by atoms with E-state index in [0.29, 0.717) is 22.8 Å². The van der Waals surface area contributed by atoms with Crippen LogP contribution in [0.4, 0.5) is 5.13 Å². The molecule has 0 saturated carbocycles. The molecule has 7 nitrogen and oxygen atoms in total. The molecule has 140 valence electrons. The van der Waals surface area contributed by atoms with E-state index in [4.69, 9.17) is 4.74 Å². The fraction of sp³-hybridized carbons (Fsp3) is 0.100. The largest absolute Gasteiger partial charge is 0.439 e. The molecule has 0 unspecified atom stereocenters. The Morgan fingerprint density at radius 1 is 1.00 bits per heavy atom. The minimum absolute atomic E-state index is 0.122. The zero-order valence-corrected chi connectivity index (χ0v) is 15.4. The molecule has 0 atom stereocenters. The molecule has 28 heavy (non-hydrogen) atoms. The van der Waals surface area contributed by atoms with Gasteiger partial charge in [0.05, 0.1) is 11.1 Å². The average Bonchev–Trinajstić information content (AvgIpc) is 3.30.